The van der Waals surface area contributed by atoms with Crippen LogP contribution in [0.15, 0.2) is 40.6 Å². The molecule has 9 heteroatoms. The zero-order valence-electron chi connectivity index (χ0n) is 13.2. The van der Waals surface area contributed by atoms with Gasteiger partial charge in [-0.15, -0.1) is 11.3 Å². The molecule has 0 unspecified atom stereocenters. The van der Waals surface area contributed by atoms with Crippen LogP contribution in [-0.2, 0) is 16.1 Å². The number of rotatable bonds is 4. The molecule has 0 amide bonds. The van der Waals surface area contributed by atoms with Crippen molar-refractivity contribution in [1.29, 1.82) is 0 Å². The predicted octanol–water partition coefficient (Wildman–Crippen LogP) is 2.89. The molecule has 0 spiro atoms. The molecule has 132 valence electrons. The maximum Gasteiger partial charge on any atom is 0.331 e. The van der Waals surface area contributed by atoms with E-state index in [9.17, 15) is 9.59 Å². The first-order valence-corrected chi connectivity index (χ1v) is 8.76. The van der Waals surface area contributed by atoms with Crippen molar-refractivity contribution < 1.29 is 19.0 Å². The average molecular weight is 391 g/mol. The summed E-state index contributed by atoms with van der Waals surface area (Å²) in [6.45, 7) is 0.0283. The Kier molecular flexibility index (Phi) is 4.36. The summed E-state index contributed by atoms with van der Waals surface area (Å²) in [5.74, 6) is 0.458. The van der Waals surface area contributed by atoms with Crippen LogP contribution in [0.3, 0.4) is 0 Å². The van der Waals surface area contributed by atoms with Crippen molar-refractivity contribution in [3.63, 3.8) is 0 Å². The van der Waals surface area contributed by atoms with Crippen LogP contribution in [0.5, 0.6) is 11.5 Å². The molecule has 0 saturated carbocycles. The Hall–Kier alpha value is -2.84. The third-order valence-corrected chi connectivity index (χ3v) is 4.62. The van der Waals surface area contributed by atoms with E-state index in [1.807, 2.05) is 0 Å². The van der Waals surface area contributed by atoms with Crippen molar-refractivity contribution in [1.82, 2.24) is 9.38 Å². The number of carbonyl (C=O) groups excluding carboxylic acids is 1. The number of benzene rings is 1. The summed E-state index contributed by atoms with van der Waals surface area (Å²) in [7, 11) is 0. The van der Waals surface area contributed by atoms with Crippen molar-refractivity contribution >= 4 is 39.9 Å². The van der Waals surface area contributed by atoms with Crippen LogP contribution in [0, 0.1) is 0 Å². The summed E-state index contributed by atoms with van der Waals surface area (Å²) < 4.78 is 17.1. The third kappa shape index (κ3) is 3.29. The van der Waals surface area contributed by atoms with Crippen molar-refractivity contribution in [2.45, 2.75) is 6.61 Å². The number of hydrogen-bond acceptors (Lipinski definition) is 7. The van der Waals surface area contributed by atoms with Crippen LogP contribution < -0.4 is 15.0 Å². The fraction of sp³-hybridized carbons (Fsp3) is 0.118. The molecular formula is C17H11ClN2O5S. The second kappa shape index (κ2) is 6.81. The first kappa shape index (κ1) is 16.6. The lowest BCUT2D eigenvalue weighted by Gasteiger charge is -2.03. The number of thiazole rings is 1. The number of aromatic nitrogens is 2. The molecule has 0 N–H and O–H groups in total. The van der Waals surface area contributed by atoms with Crippen molar-refractivity contribution in [2.75, 3.05) is 6.79 Å². The van der Waals surface area contributed by atoms with Crippen LogP contribution in [0.4, 0.5) is 0 Å². The van der Waals surface area contributed by atoms with Gasteiger partial charge in [0.15, 0.2) is 16.5 Å². The van der Waals surface area contributed by atoms with Crippen molar-refractivity contribution in [3.8, 4) is 11.5 Å². The van der Waals surface area contributed by atoms with E-state index in [0.717, 1.165) is 0 Å². The molecule has 7 nitrogen and oxygen atoms in total. The van der Waals surface area contributed by atoms with Gasteiger partial charge in [-0.25, -0.2) is 9.78 Å². The largest absolute Gasteiger partial charge is 0.456 e. The molecule has 1 aliphatic rings. The highest BCUT2D eigenvalue weighted by Gasteiger charge is 2.17. The fourth-order valence-corrected chi connectivity index (χ4v) is 3.42. The summed E-state index contributed by atoms with van der Waals surface area (Å²) in [5.41, 5.74) is 0.853. The molecule has 0 aliphatic carbocycles. The van der Waals surface area contributed by atoms with E-state index < -0.39 is 5.97 Å². The normalized spacial score (nSPS) is 12.8. The van der Waals surface area contributed by atoms with E-state index in [2.05, 4.69) is 4.98 Å². The average Bonchev–Trinajstić information content (AvgIpc) is 3.27. The third-order valence-electron chi connectivity index (χ3n) is 3.58. The molecule has 0 atom stereocenters. The quantitative estimate of drug-likeness (QED) is 0.503. The minimum atomic E-state index is -0.563. The van der Waals surface area contributed by atoms with E-state index in [4.69, 9.17) is 25.8 Å². The molecule has 3 heterocycles. The van der Waals surface area contributed by atoms with Crippen molar-refractivity contribution in [2.24, 2.45) is 0 Å². The fourth-order valence-electron chi connectivity index (χ4n) is 2.40. The lowest BCUT2D eigenvalue weighted by Crippen LogP contribution is -2.14. The Labute approximate surface area is 156 Å². The summed E-state index contributed by atoms with van der Waals surface area (Å²) in [4.78, 5) is 28.6. The maximum atomic E-state index is 11.9. The molecule has 4 rings (SSSR count). The molecule has 0 radical (unpaired) electrons. The van der Waals surface area contributed by atoms with E-state index in [-0.39, 0.29) is 19.0 Å². The van der Waals surface area contributed by atoms with E-state index in [1.165, 1.54) is 27.9 Å². The molecule has 0 bridgehead atoms. The van der Waals surface area contributed by atoms with Gasteiger partial charge in [0.05, 0.1) is 10.7 Å². The number of carbonyl (C=O) groups is 1. The Morgan fingerprint density at radius 1 is 1.38 bits per heavy atom. The first-order valence-electron chi connectivity index (χ1n) is 7.50. The number of ether oxygens (including phenoxy) is 3. The smallest absolute Gasteiger partial charge is 0.331 e. The van der Waals surface area contributed by atoms with Crippen LogP contribution in [0.2, 0.25) is 5.02 Å². The van der Waals surface area contributed by atoms with Crippen molar-refractivity contribution in [3.05, 3.63) is 62.5 Å². The van der Waals surface area contributed by atoms with E-state index in [1.54, 1.807) is 29.8 Å². The van der Waals surface area contributed by atoms with Gasteiger partial charge >= 0.3 is 5.97 Å². The zero-order chi connectivity index (χ0) is 18.1. The van der Waals surface area contributed by atoms with Crippen LogP contribution in [-0.4, -0.2) is 22.1 Å². The monoisotopic (exact) mass is 390 g/mol. The highest BCUT2D eigenvalue weighted by molar-refractivity contribution is 7.15. The minimum Gasteiger partial charge on any atom is -0.456 e. The first-order chi connectivity index (χ1) is 12.6. The van der Waals surface area contributed by atoms with Gasteiger partial charge in [-0.2, -0.15) is 0 Å². The number of hydrogen-bond donors (Lipinski definition) is 0. The van der Waals surface area contributed by atoms with Gasteiger partial charge in [0, 0.05) is 23.7 Å². The molecule has 0 saturated heterocycles. The van der Waals surface area contributed by atoms with Gasteiger partial charge in [-0.05, 0) is 23.8 Å². The molecule has 26 heavy (non-hydrogen) atoms. The summed E-state index contributed by atoms with van der Waals surface area (Å²) in [5, 5.41) is 2.17. The SMILES string of the molecule is O=C(/C=C/c1cc(Cl)c2c(c1)OCO2)OCc1cc(=O)n2ccsc2n1. The number of esters is 1. The predicted molar refractivity (Wildman–Crippen MR) is 95.7 cm³/mol. The summed E-state index contributed by atoms with van der Waals surface area (Å²) in [6.07, 6.45) is 4.47. The van der Waals surface area contributed by atoms with Gasteiger partial charge in [0.1, 0.15) is 6.61 Å². The number of nitrogens with zero attached hydrogens (tertiary/aromatic N) is 2. The highest BCUT2D eigenvalue weighted by atomic mass is 35.5. The van der Waals surface area contributed by atoms with E-state index >= 15 is 0 Å². The topological polar surface area (TPSA) is 79.1 Å². The van der Waals surface area contributed by atoms with Crippen LogP contribution >= 0.6 is 22.9 Å². The number of halogens is 1. The Morgan fingerprint density at radius 3 is 3.15 bits per heavy atom. The second-order valence-electron chi connectivity index (χ2n) is 5.32. The molecule has 0 fully saturated rings. The molecule has 1 aromatic carbocycles. The zero-order valence-corrected chi connectivity index (χ0v) is 14.7. The Morgan fingerprint density at radius 2 is 2.27 bits per heavy atom. The summed E-state index contributed by atoms with van der Waals surface area (Å²) >= 11 is 7.42. The second-order valence-corrected chi connectivity index (χ2v) is 6.60. The maximum absolute atomic E-state index is 11.9. The summed E-state index contributed by atoms with van der Waals surface area (Å²) in [6, 6.07) is 4.71. The lowest BCUT2D eigenvalue weighted by molar-refractivity contribution is -0.139. The highest BCUT2D eigenvalue weighted by Crippen LogP contribution is 2.40. The lowest BCUT2D eigenvalue weighted by atomic mass is 10.2. The standard InChI is InChI=1S/C17H11ClN2O5S/c18-12-5-10(6-13-16(12)25-9-24-13)1-2-15(22)23-8-11-7-14(21)20-3-4-26-17(20)19-11/h1-7H,8-9H2/b2-1+. The van der Waals surface area contributed by atoms with E-state index in [0.29, 0.717) is 32.7 Å². The van der Waals surface area contributed by atoms with Gasteiger partial charge in [0.2, 0.25) is 6.79 Å². The van der Waals surface area contributed by atoms with Gasteiger partial charge in [-0.1, -0.05) is 11.6 Å². The van der Waals surface area contributed by atoms with Crippen LogP contribution in [0.1, 0.15) is 11.3 Å². The molecule has 3 aromatic rings. The van der Waals surface area contributed by atoms with Gasteiger partial charge in [-0.3, -0.25) is 9.20 Å². The van der Waals surface area contributed by atoms with Gasteiger partial charge in [0.25, 0.3) is 5.56 Å². The number of fused-ring (bicyclic) bond motifs is 2. The Bertz CT molecular complexity index is 1090. The minimum absolute atomic E-state index is 0.0886. The molecule has 1 aliphatic heterocycles. The Balaban J connectivity index is 1.43. The molecular weight excluding hydrogens is 380 g/mol. The van der Waals surface area contributed by atoms with Crippen LogP contribution in [0.25, 0.3) is 11.0 Å². The van der Waals surface area contributed by atoms with Gasteiger partial charge < -0.3 is 14.2 Å². The molecule has 2 aromatic heterocycles.